The number of para-hydroxylation sites is 1. The van der Waals surface area contributed by atoms with Gasteiger partial charge in [0.25, 0.3) is 0 Å². The van der Waals surface area contributed by atoms with Gasteiger partial charge in [-0.25, -0.2) is 4.98 Å². The number of phenols is 3. The third kappa shape index (κ3) is 8.49. The van der Waals surface area contributed by atoms with Crippen LogP contribution in [-0.2, 0) is 36.8 Å². The van der Waals surface area contributed by atoms with Gasteiger partial charge in [-0.3, -0.25) is 14.4 Å². The molecule has 10 nitrogen and oxygen atoms in total. The lowest BCUT2D eigenvalue weighted by Crippen LogP contribution is -2.43. The molecule has 386 valence electrons. The highest BCUT2D eigenvalue weighted by atomic mass is 35.5. The summed E-state index contributed by atoms with van der Waals surface area (Å²) in [7, 11) is 0. The number of anilines is 3. The van der Waals surface area contributed by atoms with Gasteiger partial charge in [0.1, 0.15) is 33.1 Å². The largest absolute Gasteiger partial charge is 0.508 e. The number of aryl methyl sites for hydroxylation is 2. The molecule has 3 atom stereocenters. The summed E-state index contributed by atoms with van der Waals surface area (Å²) >= 11 is 14.2. The van der Waals surface area contributed by atoms with Crippen LogP contribution in [0.4, 0.5) is 30.2 Å². The molecule has 75 heavy (non-hydrogen) atoms. The second kappa shape index (κ2) is 20.0. The number of carbonyl (C=O) groups is 3. The maximum Gasteiger partial charge on any atom is 0.418 e. The lowest BCUT2D eigenvalue weighted by atomic mass is 9.62. The van der Waals surface area contributed by atoms with Crippen LogP contribution in [0.25, 0.3) is 0 Å². The van der Waals surface area contributed by atoms with Gasteiger partial charge >= 0.3 is 6.18 Å². The van der Waals surface area contributed by atoms with Gasteiger partial charge < -0.3 is 31.3 Å². The van der Waals surface area contributed by atoms with E-state index < -0.39 is 33.9 Å². The van der Waals surface area contributed by atoms with Crippen LogP contribution in [0.1, 0.15) is 113 Å². The zero-order chi connectivity index (χ0) is 53.0. The molecule has 2 saturated carbocycles. The number of amides is 3. The van der Waals surface area contributed by atoms with Gasteiger partial charge in [0, 0.05) is 17.1 Å². The highest BCUT2D eigenvalue weighted by Gasteiger charge is 2.57. The van der Waals surface area contributed by atoms with Gasteiger partial charge in [-0.15, -0.1) is 11.3 Å². The highest BCUT2D eigenvalue weighted by molar-refractivity contribution is 7.10. The van der Waals surface area contributed by atoms with Crippen molar-refractivity contribution in [3.8, 4) is 17.2 Å². The van der Waals surface area contributed by atoms with Crippen molar-refractivity contribution in [3.05, 3.63) is 192 Å². The average molecular weight is 1070 g/mol. The number of carbonyl (C=O) groups excluding carboxylic acids is 3. The second-order valence-electron chi connectivity index (χ2n) is 20.0. The van der Waals surface area contributed by atoms with Crippen molar-refractivity contribution >= 4 is 69.3 Å². The first-order valence-electron chi connectivity index (χ1n) is 25.0. The van der Waals surface area contributed by atoms with Gasteiger partial charge in [-0.1, -0.05) is 128 Å². The van der Waals surface area contributed by atoms with Crippen LogP contribution in [-0.4, -0.2) is 38.0 Å². The lowest BCUT2D eigenvalue weighted by molar-refractivity contribution is -0.137. The molecule has 6 N–H and O–H groups in total. The molecule has 0 radical (unpaired) electrons. The summed E-state index contributed by atoms with van der Waals surface area (Å²) in [5.74, 6) is 0.308. The molecule has 3 unspecified atom stereocenters. The normalized spacial score (nSPS) is 21.9. The molecule has 5 aliphatic rings. The molecule has 16 heteroatoms. The number of phenolic OH excluding ortho intramolecular Hbond substituents is 3. The van der Waals surface area contributed by atoms with Gasteiger partial charge in [-0.2, -0.15) is 13.2 Å². The molecule has 6 aromatic carbocycles. The van der Waals surface area contributed by atoms with Crippen LogP contribution in [0, 0.1) is 25.7 Å². The van der Waals surface area contributed by atoms with E-state index in [1.165, 1.54) is 60.4 Å². The van der Waals surface area contributed by atoms with Crippen LogP contribution < -0.4 is 16.0 Å². The third-order valence-corrected chi connectivity index (χ3v) is 17.8. The monoisotopic (exact) mass is 1070 g/mol. The van der Waals surface area contributed by atoms with Crippen LogP contribution >= 0.6 is 34.5 Å². The van der Waals surface area contributed by atoms with E-state index in [1.54, 1.807) is 29.6 Å². The number of rotatable bonds is 6. The summed E-state index contributed by atoms with van der Waals surface area (Å²) in [5.41, 5.74) is 3.79. The summed E-state index contributed by atoms with van der Waals surface area (Å²) < 4.78 is 40.3. The minimum atomic E-state index is -4.60. The zero-order valence-electron chi connectivity index (χ0n) is 41.0. The number of fused-ring (bicyclic) bond motifs is 3. The first kappa shape index (κ1) is 51.6. The maximum absolute atomic E-state index is 13.4. The number of nitrogens with one attached hydrogen (secondary N) is 3. The number of halogens is 5. The lowest BCUT2D eigenvalue weighted by Gasteiger charge is -2.39. The summed E-state index contributed by atoms with van der Waals surface area (Å²) in [4.78, 5) is 43.9. The Bertz CT molecular complexity index is 3330. The van der Waals surface area contributed by atoms with Gasteiger partial charge in [0.05, 0.1) is 32.7 Å². The summed E-state index contributed by atoms with van der Waals surface area (Å²) in [5, 5.41) is 40.8. The van der Waals surface area contributed by atoms with E-state index in [2.05, 4.69) is 27.0 Å². The van der Waals surface area contributed by atoms with Crippen molar-refractivity contribution in [3.63, 3.8) is 0 Å². The molecule has 0 bridgehead atoms. The quantitative estimate of drug-likeness (QED) is 0.0966. The number of hydrogen-bond acceptors (Lipinski definition) is 8. The van der Waals surface area contributed by atoms with E-state index in [0.717, 1.165) is 102 Å². The van der Waals surface area contributed by atoms with Crippen molar-refractivity contribution in [1.82, 2.24) is 4.98 Å². The SMILES string of the molecule is Cc1ccc2c(c1Cl)NC(=O)C2(c1ccc(O)cc1)C1CCCC1.Cc1ccc2c(c1Cl)NC(=O)C2(c1ccc(O)cc1)C1CCCCC1.O=C1Nc2c(C(F)(F)F)cccc2C1(c1ccc(O)cc1)c1nccs1. The molecule has 0 saturated heterocycles. The van der Waals surface area contributed by atoms with Crippen molar-refractivity contribution in [2.24, 2.45) is 11.8 Å². The number of benzene rings is 6. The minimum absolute atomic E-state index is 0.00240. The van der Waals surface area contributed by atoms with Gasteiger partial charge in [0.15, 0.2) is 5.41 Å². The number of thiazole rings is 1. The Balaban J connectivity index is 0.000000128. The van der Waals surface area contributed by atoms with E-state index in [-0.39, 0.29) is 52.1 Å². The summed E-state index contributed by atoms with van der Waals surface area (Å²) in [6.45, 7) is 3.90. The molecule has 0 spiro atoms. The first-order valence-corrected chi connectivity index (χ1v) is 26.6. The Labute approximate surface area is 446 Å². The van der Waals surface area contributed by atoms with Crippen molar-refractivity contribution < 1.29 is 42.9 Å². The summed E-state index contributed by atoms with van der Waals surface area (Å²) in [6.07, 6.45) is 6.81. The van der Waals surface area contributed by atoms with Crippen molar-refractivity contribution in [1.29, 1.82) is 0 Å². The molecule has 3 amide bonds. The zero-order valence-corrected chi connectivity index (χ0v) is 43.3. The predicted molar refractivity (Wildman–Crippen MR) is 286 cm³/mol. The fraction of sp³-hybridized carbons (Fsp3) is 0.288. The van der Waals surface area contributed by atoms with E-state index in [4.69, 9.17) is 23.2 Å². The number of aromatic nitrogens is 1. The topological polar surface area (TPSA) is 161 Å². The molecule has 7 aromatic rings. The summed E-state index contributed by atoms with van der Waals surface area (Å²) in [6, 6.07) is 31.8. The van der Waals surface area contributed by atoms with E-state index in [1.807, 2.05) is 56.3 Å². The Morgan fingerprint density at radius 1 is 0.547 bits per heavy atom. The molecule has 1 aromatic heterocycles. The third-order valence-electron chi connectivity index (χ3n) is 15.9. The van der Waals surface area contributed by atoms with Crippen molar-refractivity contribution in [2.45, 2.75) is 94.1 Å². The molecular formula is C59H53Cl2F3N4O6S. The minimum Gasteiger partial charge on any atom is -0.508 e. The van der Waals surface area contributed by atoms with Crippen LogP contribution in [0.5, 0.6) is 17.2 Å². The van der Waals surface area contributed by atoms with Crippen LogP contribution in [0.3, 0.4) is 0 Å². The molecule has 2 fully saturated rings. The smallest absolute Gasteiger partial charge is 0.418 e. The second-order valence-corrected chi connectivity index (χ2v) is 21.6. The van der Waals surface area contributed by atoms with E-state index >= 15 is 0 Å². The number of nitrogens with zero attached hydrogens (tertiary/aromatic N) is 1. The highest BCUT2D eigenvalue weighted by Crippen LogP contribution is 2.57. The fourth-order valence-corrected chi connectivity index (χ4v) is 13.7. The fourth-order valence-electron chi connectivity index (χ4n) is 12.4. The number of aromatic hydroxyl groups is 3. The molecule has 3 aliphatic heterocycles. The predicted octanol–water partition coefficient (Wildman–Crippen LogP) is 14.1. The molecule has 12 rings (SSSR count). The number of hydrogen-bond donors (Lipinski definition) is 6. The van der Waals surface area contributed by atoms with E-state index in [0.29, 0.717) is 20.6 Å². The van der Waals surface area contributed by atoms with Crippen LogP contribution in [0.2, 0.25) is 10.0 Å². The Hall–Kier alpha value is -6.87. The van der Waals surface area contributed by atoms with Gasteiger partial charge in [0.2, 0.25) is 17.7 Å². The van der Waals surface area contributed by atoms with Crippen LogP contribution in [0.15, 0.2) is 127 Å². The molecule has 4 heterocycles. The van der Waals surface area contributed by atoms with E-state index in [9.17, 15) is 42.9 Å². The molecule has 2 aliphatic carbocycles. The Morgan fingerprint density at radius 2 is 0.973 bits per heavy atom. The first-order chi connectivity index (χ1) is 35.9. The maximum atomic E-state index is 13.4. The molecular weight excluding hydrogens is 1020 g/mol. The Morgan fingerprint density at radius 3 is 1.40 bits per heavy atom. The standard InChI is InChI=1S/C21H22ClNO2.C20H20ClNO2.C18H11F3N2O2S/c1-13-7-12-17-19(18(13)22)23-20(25)21(17,14-5-3-2-4-6-14)15-8-10-16(24)11-9-15;1-12-6-11-16-18(17(12)21)22-19(24)20(16,13-4-2-3-5-13)14-7-9-15(23)10-8-14;19-18(20,21)13-3-1-2-12-14(13)23-15(25)17(12,16-22-8-9-26-16)10-4-6-11(24)7-5-10/h7-12,14,24H,2-6H2,1H3,(H,23,25);6-11,13,23H,2-5H2,1H3,(H,22,24);1-9,24H,(H,23,25). The average Bonchev–Trinajstić information content (AvgIpc) is 4.28. The van der Waals surface area contributed by atoms with Crippen molar-refractivity contribution in [2.75, 3.05) is 16.0 Å². The number of alkyl halides is 3. The Kier molecular flexibility index (Phi) is 13.8. The van der Waals surface area contributed by atoms with Gasteiger partial charge in [-0.05, 0) is 133 Å².